The Hall–Kier alpha value is -2.09. The van der Waals surface area contributed by atoms with Crippen molar-refractivity contribution < 1.29 is 22.7 Å². The fourth-order valence-corrected chi connectivity index (χ4v) is 2.11. The number of nitrogens with one attached hydrogen (secondary N) is 1. The monoisotopic (exact) mass is 316 g/mol. The van der Waals surface area contributed by atoms with Crippen LogP contribution in [0.25, 0.3) is 0 Å². The van der Waals surface area contributed by atoms with E-state index in [4.69, 9.17) is 0 Å². The van der Waals surface area contributed by atoms with E-state index in [0.717, 1.165) is 0 Å². The van der Waals surface area contributed by atoms with E-state index < -0.39 is 12.8 Å². The summed E-state index contributed by atoms with van der Waals surface area (Å²) in [5.41, 5.74) is 0.604. The first kappa shape index (κ1) is 15.3. The Balaban J connectivity index is 1.90. The number of ether oxygens (including phenoxy) is 1. The molecule has 21 heavy (non-hydrogen) atoms. The van der Waals surface area contributed by atoms with Crippen molar-refractivity contribution in [3.05, 3.63) is 46.3 Å². The highest BCUT2D eigenvalue weighted by Crippen LogP contribution is 2.17. The highest BCUT2D eigenvalue weighted by molar-refractivity contribution is 7.12. The predicted octanol–water partition coefficient (Wildman–Crippen LogP) is 3.01. The summed E-state index contributed by atoms with van der Waals surface area (Å²) in [7, 11) is 0. The maximum Gasteiger partial charge on any atom is 0.422 e. The third kappa shape index (κ3) is 5.07. The minimum Gasteiger partial charge on any atom is -0.468 e. The van der Waals surface area contributed by atoms with Gasteiger partial charge in [0.15, 0.2) is 6.61 Å². The van der Waals surface area contributed by atoms with Crippen LogP contribution in [0.4, 0.5) is 13.2 Å². The van der Waals surface area contributed by atoms with Crippen molar-refractivity contribution in [2.75, 3.05) is 6.61 Å². The Labute approximate surface area is 122 Å². The zero-order valence-corrected chi connectivity index (χ0v) is 11.5. The Kier molecular flexibility index (Phi) is 4.79. The van der Waals surface area contributed by atoms with Gasteiger partial charge in [0.2, 0.25) is 5.88 Å². The van der Waals surface area contributed by atoms with Crippen molar-refractivity contribution in [2.45, 2.75) is 12.7 Å². The highest BCUT2D eigenvalue weighted by atomic mass is 32.1. The molecule has 0 fully saturated rings. The molecule has 0 unspecified atom stereocenters. The summed E-state index contributed by atoms with van der Waals surface area (Å²) in [5, 5.41) is 4.45. The van der Waals surface area contributed by atoms with Crippen LogP contribution in [0.3, 0.4) is 0 Å². The second kappa shape index (κ2) is 6.57. The van der Waals surface area contributed by atoms with Crippen LogP contribution in [-0.2, 0) is 6.54 Å². The Morgan fingerprint density at radius 2 is 2.19 bits per heavy atom. The van der Waals surface area contributed by atoms with Crippen molar-refractivity contribution >= 4 is 17.2 Å². The topological polar surface area (TPSA) is 51.2 Å². The minimum absolute atomic E-state index is 0.129. The van der Waals surface area contributed by atoms with Gasteiger partial charge in [-0.3, -0.25) is 4.79 Å². The summed E-state index contributed by atoms with van der Waals surface area (Å²) in [6, 6.07) is 6.40. The molecule has 2 heterocycles. The van der Waals surface area contributed by atoms with Crippen LogP contribution >= 0.6 is 11.3 Å². The van der Waals surface area contributed by atoms with Crippen LogP contribution in [0.15, 0.2) is 35.8 Å². The van der Waals surface area contributed by atoms with Crippen LogP contribution in [0.2, 0.25) is 0 Å². The maximum absolute atomic E-state index is 12.0. The molecule has 8 heteroatoms. The Morgan fingerprint density at radius 1 is 1.38 bits per heavy atom. The second-order valence-electron chi connectivity index (χ2n) is 4.07. The van der Waals surface area contributed by atoms with E-state index in [-0.39, 0.29) is 18.3 Å². The standard InChI is InChI=1S/C13H11F3N2O2S/c14-13(15,16)8-20-11-6-9(3-4-17-11)7-18-12(19)10-2-1-5-21-10/h1-6H,7-8H2,(H,18,19). The number of alkyl halides is 3. The first-order valence-corrected chi connectivity index (χ1v) is 6.78. The molecule has 0 saturated heterocycles. The van der Waals surface area contributed by atoms with E-state index >= 15 is 0 Å². The van der Waals surface area contributed by atoms with Crippen LogP contribution in [0.1, 0.15) is 15.2 Å². The zero-order chi connectivity index (χ0) is 15.3. The number of halogens is 3. The number of amides is 1. The lowest BCUT2D eigenvalue weighted by molar-refractivity contribution is -0.154. The molecule has 0 spiro atoms. The Bertz CT molecular complexity index is 600. The number of hydrogen-bond acceptors (Lipinski definition) is 4. The summed E-state index contributed by atoms with van der Waals surface area (Å²) in [6.45, 7) is -1.22. The third-order valence-corrected chi connectivity index (χ3v) is 3.25. The Morgan fingerprint density at radius 3 is 2.86 bits per heavy atom. The smallest absolute Gasteiger partial charge is 0.422 e. The summed E-state index contributed by atoms with van der Waals surface area (Å²) in [6.07, 6.45) is -3.08. The number of pyridine rings is 1. The molecule has 0 radical (unpaired) electrons. The van der Waals surface area contributed by atoms with E-state index in [9.17, 15) is 18.0 Å². The number of rotatable bonds is 5. The second-order valence-corrected chi connectivity index (χ2v) is 5.01. The molecule has 1 amide bonds. The average molecular weight is 316 g/mol. The van der Waals surface area contributed by atoms with E-state index in [1.165, 1.54) is 23.6 Å². The van der Waals surface area contributed by atoms with Gasteiger partial charge in [-0.1, -0.05) is 6.07 Å². The molecule has 0 aliphatic heterocycles. The van der Waals surface area contributed by atoms with Crippen LogP contribution < -0.4 is 10.1 Å². The molecule has 0 aliphatic rings. The normalized spacial score (nSPS) is 11.2. The molecule has 0 saturated carbocycles. The lowest BCUT2D eigenvalue weighted by Gasteiger charge is -2.09. The molecule has 0 aromatic carbocycles. The quantitative estimate of drug-likeness (QED) is 0.922. The van der Waals surface area contributed by atoms with Gasteiger partial charge in [-0.2, -0.15) is 13.2 Å². The van der Waals surface area contributed by atoms with Gasteiger partial charge in [0, 0.05) is 18.8 Å². The van der Waals surface area contributed by atoms with Crippen molar-refractivity contribution in [1.29, 1.82) is 0 Å². The molecule has 112 valence electrons. The van der Waals surface area contributed by atoms with Gasteiger partial charge in [-0.15, -0.1) is 11.3 Å². The van der Waals surface area contributed by atoms with Crippen molar-refractivity contribution in [3.8, 4) is 5.88 Å². The van der Waals surface area contributed by atoms with Gasteiger partial charge in [0.25, 0.3) is 5.91 Å². The fourth-order valence-electron chi connectivity index (χ4n) is 1.47. The number of carbonyl (C=O) groups excluding carboxylic acids is 1. The van der Waals surface area contributed by atoms with E-state index in [1.54, 1.807) is 23.6 Å². The minimum atomic E-state index is -4.41. The fraction of sp³-hybridized carbons (Fsp3) is 0.231. The molecule has 0 bridgehead atoms. The third-order valence-electron chi connectivity index (χ3n) is 2.38. The number of hydrogen-bond donors (Lipinski definition) is 1. The van der Waals surface area contributed by atoms with Gasteiger partial charge >= 0.3 is 6.18 Å². The zero-order valence-electron chi connectivity index (χ0n) is 10.7. The van der Waals surface area contributed by atoms with Gasteiger partial charge in [0.1, 0.15) is 0 Å². The van der Waals surface area contributed by atoms with Crippen molar-refractivity contribution in [2.24, 2.45) is 0 Å². The maximum atomic E-state index is 12.0. The number of aromatic nitrogens is 1. The van der Waals surface area contributed by atoms with E-state index in [0.29, 0.717) is 10.4 Å². The van der Waals surface area contributed by atoms with Crippen LogP contribution in [0, 0.1) is 0 Å². The lowest BCUT2D eigenvalue weighted by Crippen LogP contribution is -2.22. The van der Waals surface area contributed by atoms with Gasteiger partial charge < -0.3 is 10.1 Å². The number of thiophene rings is 1. The predicted molar refractivity (Wildman–Crippen MR) is 71.3 cm³/mol. The van der Waals surface area contributed by atoms with Gasteiger partial charge in [-0.25, -0.2) is 4.98 Å². The summed E-state index contributed by atoms with van der Waals surface area (Å²) in [5.74, 6) is -0.366. The molecule has 2 aromatic heterocycles. The van der Waals surface area contributed by atoms with Crippen molar-refractivity contribution in [3.63, 3.8) is 0 Å². The summed E-state index contributed by atoms with van der Waals surface area (Å²) < 4.78 is 40.7. The van der Waals surface area contributed by atoms with Crippen LogP contribution in [0.5, 0.6) is 5.88 Å². The highest BCUT2D eigenvalue weighted by Gasteiger charge is 2.28. The van der Waals surface area contributed by atoms with E-state index in [1.807, 2.05) is 0 Å². The first-order valence-electron chi connectivity index (χ1n) is 5.90. The molecule has 1 N–H and O–H groups in total. The largest absolute Gasteiger partial charge is 0.468 e. The SMILES string of the molecule is O=C(NCc1ccnc(OCC(F)(F)F)c1)c1cccs1. The van der Waals surface area contributed by atoms with Crippen molar-refractivity contribution in [1.82, 2.24) is 10.3 Å². The molecule has 4 nitrogen and oxygen atoms in total. The molecule has 0 aliphatic carbocycles. The number of carbonyl (C=O) groups is 1. The molecule has 2 aromatic rings. The average Bonchev–Trinajstić information content (AvgIpc) is 2.96. The first-order chi connectivity index (χ1) is 9.94. The van der Waals surface area contributed by atoms with E-state index in [2.05, 4.69) is 15.0 Å². The molecular weight excluding hydrogens is 305 g/mol. The summed E-state index contributed by atoms with van der Waals surface area (Å²) in [4.78, 5) is 16.0. The molecule has 2 rings (SSSR count). The van der Waals surface area contributed by atoms with Crippen LogP contribution in [-0.4, -0.2) is 23.7 Å². The lowest BCUT2D eigenvalue weighted by atomic mass is 10.2. The van der Waals surface area contributed by atoms with Gasteiger partial charge in [0.05, 0.1) is 4.88 Å². The van der Waals surface area contributed by atoms with Gasteiger partial charge in [-0.05, 0) is 23.1 Å². The summed E-state index contributed by atoms with van der Waals surface area (Å²) >= 11 is 1.31. The molecular formula is C13H11F3N2O2S. The molecule has 0 atom stereocenters. The number of nitrogens with zero attached hydrogens (tertiary/aromatic N) is 1.